The van der Waals surface area contributed by atoms with Crippen molar-refractivity contribution >= 4 is 52.9 Å². The zero-order valence-electron chi connectivity index (χ0n) is 28.9. The lowest BCUT2D eigenvalue weighted by Gasteiger charge is -2.48. The summed E-state index contributed by atoms with van der Waals surface area (Å²) in [7, 11) is 1.38. The van der Waals surface area contributed by atoms with Gasteiger partial charge in [-0.15, -0.1) is 0 Å². The minimum absolute atomic E-state index is 0.372. The molecule has 0 saturated carbocycles. The molecule has 250 valence electrons. The first-order valence-electron chi connectivity index (χ1n) is 16.4. The minimum Gasteiger partial charge on any atom is -0.494 e. The number of ether oxygens (including phenoxy) is 1. The Kier molecular flexibility index (Phi) is 10.6. The first-order valence-corrected chi connectivity index (χ1v) is 19.4. The highest BCUT2D eigenvalue weighted by Crippen LogP contribution is 2.41. The number of nitrogens with zero attached hydrogens (tertiary/aromatic N) is 5. The third-order valence-electron chi connectivity index (χ3n) is 9.93. The van der Waals surface area contributed by atoms with E-state index in [9.17, 15) is 4.57 Å². The van der Waals surface area contributed by atoms with E-state index >= 15 is 0 Å². The summed E-state index contributed by atoms with van der Waals surface area (Å²) in [6.07, 6.45) is 4.79. The number of aromatic nitrogens is 2. The number of piperidine rings is 1. The van der Waals surface area contributed by atoms with Crippen LogP contribution in [0.1, 0.15) is 50.3 Å². The fraction of sp³-hybridized carbons (Fsp3) is 0.543. The Balaban J connectivity index is 1.34. The number of anilines is 5. The molecule has 2 aliphatic heterocycles. The van der Waals surface area contributed by atoms with Gasteiger partial charge in [0.2, 0.25) is 5.95 Å². The normalized spacial score (nSPS) is 20.2. The van der Waals surface area contributed by atoms with Crippen LogP contribution in [0, 0.1) is 13.8 Å². The van der Waals surface area contributed by atoms with Crippen molar-refractivity contribution in [3.63, 3.8) is 0 Å². The average Bonchev–Trinajstić information content (AvgIpc) is 3.02. The van der Waals surface area contributed by atoms with Gasteiger partial charge >= 0.3 is 0 Å². The topological polar surface area (TPSA) is 85.9 Å². The van der Waals surface area contributed by atoms with Crippen LogP contribution in [0.25, 0.3) is 0 Å². The van der Waals surface area contributed by atoms with Crippen LogP contribution >= 0.6 is 18.7 Å². The molecule has 3 heterocycles. The van der Waals surface area contributed by atoms with E-state index in [4.69, 9.17) is 21.3 Å². The van der Waals surface area contributed by atoms with Gasteiger partial charge < -0.3 is 24.8 Å². The predicted molar refractivity (Wildman–Crippen MR) is 194 cm³/mol. The predicted octanol–water partition coefficient (Wildman–Crippen LogP) is 7.05. The summed E-state index contributed by atoms with van der Waals surface area (Å²) in [5.74, 6) is 1.56. The highest BCUT2D eigenvalue weighted by atomic mass is 35.5. The smallest absolute Gasteiger partial charge is 0.229 e. The van der Waals surface area contributed by atoms with Crippen molar-refractivity contribution < 1.29 is 9.30 Å². The van der Waals surface area contributed by atoms with Gasteiger partial charge in [0.1, 0.15) is 17.9 Å². The lowest BCUT2D eigenvalue weighted by Crippen LogP contribution is -2.59. The monoisotopic (exact) mass is 667 g/mol. The molecule has 2 saturated heterocycles. The SMILES string of the molecule is CCc1cc(Nc2ncc(Cl)c(Nc3cc(C)c(C)cc3P(C)(C)=O)n2)c(OC)cc1N1CCC(N2C[C@@H](C)N(C)[C@@H](C)C2)CC1. The second-order valence-electron chi connectivity index (χ2n) is 13.5. The summed E-state index contributed by atoms with van der Waals surface area (Å²) in [4.78, 5) is 16.9. The van der Waals surface area contributed by atoms with Crippen molar-refractivity contribution in [2.45, 2.75) is 72.0 Å². The first-order chi connectivity index (χ1) is 21.8. The van der Waals surface area contributed by atoms with Crippen LogP contribution in [0.2, 0.25) is 5.02 Å². The number of methoxy groups -OCH3 is 1. The number of halogens is 1. The molecule has 0 spiro atoms. The summed E-state index contributed by atoms with van der Waals surface area (Å²) >= 11 is 6.56. The van der Waals surface area contributed by atoms with Crippen LogP contribution in [-0.4, -0.2) is 91.6 Å². The molecule has 11 heteroatoms. The van der Waals surface area contributed by atoms with Crippen molar-refractivity contribution in [3.8, 4) is 5.75 Å². The van der Waals surface area contributed by atoms with Crippen molar-refractivity contribution in [2.75, 3.05) is 69.2 Å². The number of likely N-dealkylation sites (N-methyl/N-ethyl adjacent to an activating group) is 1. The van der Waals surface area contributed by atoms with Crippen LogP contribution < -0.4 is 25.6 Å². The molecule has 2 atom stereocenters. The largest absolute Gasteiger partial charge is 0.494 e. The lowest BCUT2D eigenvalue weighted by molar-refractivity contribution is 0.0270. The van der Waals surface area contributed by atoms with Gasteiger partial charge in [0, 0.05) is 61.4 Å². The van der Waals surface area contributed by atoms with Gasteiger partial charge in [-0.1, -0.05) is 18.5 Å². The molecule has 5 rings (SSSR count). The summed E-state index contributed by atoms with van der Waals surface area (Å²) in [6.45, 7) is 18.8. The lowest BCUT2D eigenvalue weighted by atomic mass is 9.97. The van der Waals surface area contributed by atoms with Crippen LogP contribution in [0.4, 0.5) is 28.8 Å². The number of hydrogen-bond acceptors (Lipinski definition) is 9. The zero-order valence-corrected chi connectivity index (χ0v) is 30.6. The number of nitrogens with one attached hydrogen (secondary N) is 2. The van der Waals surface area contributed by atoms with Crippen molar-refractivity contribution in [1.29, 1.82) is 0 Å². The molecule has 1 aromatic heterocycles. The van der Waals surface area contributed by atoms with Gasteiger partial charge in [0.05, 0.1) is 24.7 Å². The van der Waals surface area contributed by atoms with Crippen LogP contribution in [0.3, 0.4) is 0 Å². The standard InChI is InChI=1S/C35H51ClN7O2P/c1-10-26-17-29(32(45-7)18-31(26)42-13-11-27(12-14-42)43-20-24(4)41(6)25(5)21-43)39-35-37-19-28(36)34(40-35)38-30-15-22(2)23(3)16-33(30)46(8,9)44/h15-19,24-25,27H,10-14,20-21H2,1-9H3,(H2,37,38,39,40)/t24-,25+. The second kappa shape index (κ2) is 14.1. The Morgan fingerprint density at radius 3 is 2.26 bits per heavy atom. The van der Waals surface area contributed by atoms with E-state index < -0.39 is 7.14 Å². The number of rotatable bonds is 9. The van der Waals surface area contributed by atoms with E-state index in [0.29, 0.717) is 34.9 Å². The van der Waals surface area contributed by atoms with E-state index in [2.05, 4.69) is 70.3 Å². The Hall–Kier alpha value is -2.84. The van der Waals surface area contributed by atoms with Crippen LogP contribution in [-0.2, 0) is 11.0 Å². The zero-order chi connectivity index (χ0) is 33.3. The Morgan fingerprint density at radius 1 is 1.00 bits per heavy atom. The molecule has 2 aliphatic rings. The number of benzene rings is 2. The van der Waals surface area contributed by atoms with Crippen LogP contribution in [0.15, 0.2) is 30.5 Å². The third kappa shape index (κ3) is 7.49. The number of aryl methyl sites for hydroxylation is 3. The Bertz CT molecular complexity index is 1590. The molecule has 3 aromatic rings. The van der Waals surface area contributed by atoms with E-state index in [1.54, 1.807) is 26.6 Å². The molecule has 2 fully saturated rings. The van der Waals surface area contributed by atoms with Gasteiger partial charge in [-0.25, -0.2) is 4.98 Å². The van der Waals surface area contributed by atoms with E-state index in [0.717, 1.165) is 79.0 Å². The van der Waals surface area contributed by atoms with Crippen molar-refractivity contribution in [1.82, 2.24) is 19.8 Å². The summed E-state index contributed by atoms with van der Waals surface area (Å²) < 4.78 is 19.0. The molecular formula is C35H51ClN7O2P. The molecule has 2 N–H and O–H groups in total. The molecule has 9 nitrogen and oxygen atoms in total. The van der Waals surface area contributed by atoms with Crippen molar-refractivity contribution in [2.24, 2.45) is 0 Å². The maximum atomic E-state index is 13.1. The molecular weight excluding hydrogens is 617 g/mol. The molecule has 2 aromatic carbocycles. The average molecular weight is 668 g/mol. The quantitative estimate of drug-likeness (QED) is 0.233. The molecule has 0 radical (unpaired) electrons. The van der Waals surface area contributed by atoms with Gasteiger partial charge in [0.15, 0.2) is 5.82 Å². The summed E-state index contributed by atoms with van der Waals surface area (Å²) in [6, 6.07) is 10.1. The Labute approximate surface area is 280 Å². The van der Waals surface area contributed by atoms with Gasteiger partial charge in [-0.05, 0) is 102 Å². The third-order valence-corrected chi connectivity index (χ3v) is 11.7. The number of hydrogen-bond donors (Lipinski definition) is 2. The maximum Gasteiger partial charge on any atom is 0.229 e. The maximum absolute atomic E-state index is 13.1. The molecule has 46 heavy (non-hydrogen) atoms. The van der Waals surface area contributed by atoms with Gasteiger partial charge in [0.25, 0.3) is 0 Å². The van der Waals surface area contributed by atoms with E-state index in [1.807, 2.05) is 26.0 Å². The highest BCUT2D eigenvalue weighted by Gasteiger charge is 2.33. The summed E-state index contributed by atoms with van der Waals surface area (Å²) in [5, 5.41) is 7.86. The van der Waals surface area contributed by atoms with Crippen LogP contribution in [0.5, 0.6) is 5.75 Å². The highest BCUT2D eigenvalue weighted by molar-refractivity contribution is 7.70. The van der Waals surface area contributed by atoms with Gasteiger partial charge in [-0.2, -0.15) is 4.98 Å². The summed E-state index contributed by atoms with van der Waals surface area (Å²) in [5.41, 5.74) is 6.19. The Morgan fingerprint density at radius 2 is 1.65 bits per heavy atom. The fourth-order valence-electron chi connectivity index (χ4n) is 6.78. The molecule has 0 amide bonds. The van der Waals surface area contributed by atoms with Gasteiger partial charge in [-0.3, -0.25) is 9.80 Å². The number of piperazine rings is 1. The molecule has 0 unspecified atom stereocenters. The minimum atomic E-state index is -2.57. The second-order valence-corrected chi connectivity index (χ2v) is 17.1. The first kappa shape index (κ1) is 34.5. The fourth-order valence-corrected chi connectivity index (χ4v) is 8.13. The van der Waals surface area contributed by atoms with Crippen molar-refractivity contribution in [3.05, 3.63) is 52.2 Å². The molecule has 0 bridgehead atoms. The molecule has 0 aliphatic carbocycles. The van der Waals surface area contributed by atoms with E-state index in [1.165, 1.54) is 11.3 Å². The van der Waals surface area contributed by atoms with E-state index in [-0.39, 0.29) is 0 Å².